The van der Waals surface area contributed by atoms with Crippen molar-refractivity contribution in [2.45, 2.75) is 19.6 Å². The molecule has 28 heavy (non-hydrogen) atoms. The third kappa shape index (κ3) is 4.21. The van der Waals surface area contributed by atoms with E-state index in [-0.39, 0.29) is 17.7 Å². The molecule has 1 fully saturated rings. The molecular formula is C20H25N3O5. The van der Waals surface area contributed by atoms with Crippen LogP contribution in [0.25, 0.3) is 0 Å². The quantitative estimate of drug-likeness (QED) is 0.816. The number of amides is 2. The minimum atomic E-state index is -0.158. The van der Waals surface area contributed by atoms with Gasteiger partial charge in [0.25, 0.3) is 5.56 Å². The highest BCUT2D eigenvalue weighted by Crippen LogP contribution is 2.27. The van der Waals surface area contributed by atoms with E-state index in [4.69, 9.17) is 14.2 Å². The van der Waals surface area contributed by atoms with Crippen molar-refractivity contribution in [2.24, 2.45) is 7.05 Å². The number of nitrogens with zero attached hydrogens (tertiary/aromatic N) is 2. The first-order valence-electron chi connectivity index (χ1n) is 8.99. The second-order valence-electron chi connectivity index (χ2n) is 6.72. The van der Waals surface area contributed by atoms with Crippen LogP contribution in [-0.2, 0) is 13.6 Å². The number of rotatable bonds is 6. The molecule has 1 aliphatic heterocycles. The van der Waals surface area contributed by atoms with E-state index < -0.39 is 0 Å². The van der Waals surface area contributed by atoms with Crippen LogP contribution >= 0.6 is 0 Å². The van der Waals surface area contributed by atoms with Crippen molar-refractivity contribution in [1.29, 1.82) is 0 Å². The van der Waals surface area contributed by atoms with Crippen molar-refractivity contribution in [2.75, 3.05) is 27.3 Å². The number of carbonyl (C=O) groups excluding carboxylic acids is 1. The standard InChI is InChI=1S/C20H25N3O5/c1-13-7-15(9-19(24)22(13)2)28-16-11-23(12-16)20(25)21-10-14-5-6-17(26-3)18(8-14)27-4/h5-9,16H,10-12H2,1-4H3,(H,21,25). The van der Waals surface area contributed by atoms with Gasteiger partial charge in [-0.1, -0.05) is 6.07 Å². The lowest BCUT2D eigenvalue weighted by Gasteiger charge is -2.38. The molecule has 0 bridgehead atoms. The molecular weight excluding hydrogens is 362 g/mol. The molecule has 2 amide bonds. The van der Waals surface area contributed by atoms with E-state index in [0.717, 1.165) is 11.3 Å². The number of nitrogens with one attached hydrogen (secondary N) is 1. The molecule has 1 aliphatic rings. The number of likely N-dealkylation sites (tertiary alicyclic amines) is 1. The highest BCUT2D eigenvalue weighted by Gasteiger charge is 2.32. The number of carbonyl (C=O) groups is 1. The second kappa shape index (κ2) is 8.24. The highest BCUT2D eigenvalue weighted by molar-refractivity contribution is 5.75. The minimum Gasteiger partial charge on any atom is -0.493 e. The zero-order valence-electron chi connectivity index (χ0n) is 16.5. The fourth-order valence-electron chi connectivity index (χ4n) is 2.96. The van der Waals surface area contributed by atoms with Gasteiger partial charge in [-0.05, 0) is 30.7 Å². The molecule has 0 radical (unpaired) electrons. The molecule has 2 heterocycles. The zero-order valence-corrected chi connectivity index (χ0v) is 16.5. The van der Waals surface area contributed by atoms with Gasteiger partial charge in [-0.15, -0.1) is 0 Å². The van der Waals surface area contributed by atoms with E-state index in [1.807, 2.05) is 25.1 Å². The summed E-state index contributed by atoms with van der Waals surface area (Å²) in [4.78, 5) is 25.8. The average molecular weight is 387 g/mol. The first-order valence-corrected chi connectivity index (χ1v) is 8.99. The Morgan fingerprint density at radius 1 is 1.14 bits per heavy atom. The Kier molecular flexibility index (Phi) is 5.77. The molecule has 8 heteroatoms. The zero-order chi connectivity index (χ0) is 20.3. The number of ether oxygens (including phenoxy) is 3. The number of methoxy groups -OCH3 is 2. The topological polar surface area (TPSA) is 82.0 Å². The third-order valence-corrected chi connectivity index (χ3v) is 4.81. The van der Waals surface area contributed by atoms with Crippen LogP contribution < -0.4 is 25.1 Å². The summed E-state index contributed by atoms with van der Waals surface area (Å²) in [7, 11) is 4.87. The molecule has 1 aromatic heterocycles. The van der Waals surface area contributed by atoms with E-state index in [1.165, 1.54) is 6.07 Å². The van der Waals surface area contributed by atoms with Gasteiger partial charge in [-0.2, -0.15) is 0 Å². The SMILES string of the molecule is COc1ccc(CNC(=O)N2CC(Oc3cc(C)n(C)c(=O)c3)C2)cc1OC. The number of hydrogen-bond donors (Lipinski definition) is 1. The lowest BCUT2D eigenvalue weighted by atomic mass is 10.1. The van der Waals surface area contributed by atoms with E-state index in [9.17, 15) is 9.59 Å². The molecule has 8 nitrogen and oxygen atoms in total. The fourth-order valence-corrected chi connectivity index (χ4v) is 2.96. The van der Waals surface area contributed by atoms with E-state index in [2.05, 4.69) is 5.32 Å². The number of hydrogen-bond acceptors (Lipinski definition) is 5. The monoisotopic (exact) mass is 387 g/mol. The largest absolute Gasteiger partial charge is 0.493 e. The van der Waals surface area contributed by atoms with Crippen LogP contribution in [0.4, 0.5) is 4.79 Å². The maximum atomic E-state index is 12.3. The fraction of sp³-hybridized carbons (Fsp3) is 0.400. The van der Waals surface area contributed by atoms with E-state index >= 15 is 0 Å². The van der Waals surface area contributed by atoms with Gasteiger partial charge in [-0.3, -0.25) is 4.79 Å². The van der Waals surface area contributed by atoms with Crippen LogP contribution in [0.3, 0.4) is 0 Å². The molecule has 0 spiro atoms. The van der Waals surface area contributed by atoms with Gasteiger partial charge in [0.2, 0.25) is 0 Å². The van der Waals surface area contributed by atoms with Crippen molar-refractivity contribution in [1.82, 2.24) is 14.8 Å². The second-order valence-corrected chi connectivity index (χ2v) is 6.72. The molecule has 0 aliphatic carbocycles. The maximum Gasteiger partial charge on any atom is 0.317 e. The summed E-state index contributed by atoms with van der Waals surface area (Å²) in [5.74, 6) is 1.80. The van der Waals surface area contributed by atoms with Gasteiger partial charge in [-0.25, -0.2) is 4.79 Å². The Labute approximate surface area is 163 Å². The van der Waals surface area contributed by atoms with Crippen molar-refractivity contribution >= 4 is 6.03 Å². The van der Waals surface area contributed by atoms with E-state index in [1.54, 1.807) is 36.8 Å². The Hall–Kier alpha value is -3.16. The lowest BCUT2D eigenvalue weighted by molar-refractivity contribution is 0.0441. The molecule has 150 valence electrons. The Morgan fingerprint density at radius 2 is 1.86 bits per heavy atom. The average Bonchev–Trinajstić information content (AvgIpc) is 2.66. The third-order valence-electron chi connectivity index (χ3n) is 4.81. The molecule has 1 saturated heterocycles. The normalized spacial score (nSPS) is 13.6. The Bertz CT molecular complexity index is 919. The first-order chi connectivity index (χ1) is 13.4. The van der Waals surface area contributed by atoms with Crippen LogP contribution in [0.15, 0.2) is 35.1 Å². The summed E-state index contributed by atoms with van der Waals surface area (Å²) in [6.45, 7) is 3.19. The van der Waals surface area contributed by atoms with Gasteiger partial charge in [0.1, 0.15) is 11.9 Å². The van der Waals surface area contributed by atoms with Crippen molar-refractivity contribution < 1.29 is 19.0 Å². The molecule has 1 N–H and O–H groups in total. The summed E-state index contributed by atoms with van der Waals surface area (Å²) >= 11 is 0. The lowest BCUT2D eigenvalue weighted by Crippen LogP contribution is -2.58. The van der Waals surface area contributed by atoms with Gasteiger partial charge in [0.15, 0.2) is 11.5 Å². The Balaban J connectivity index is 1.48. The van der Waals surface area contributed by atoms with Gasteiger partial charge in [0.05, 0.1) is 27.3 Å². The summed E-state index contributed by atoms with van der Waals surface area (Å²) in [5.41, 5.74) is 1.63. The number of pyridine rings is 1. The van der Waals surface area contributed by atoms with Crippen LogP contribution in [0.1, 0.15) is 11.3 Å². The van der Waals surface area contributed by atoms with Crippen LogP contribution in [-0.4, -0.2) is 48.9 Å². The summed E-state index contributed by atoms with van der Waals surface area (Å²) in [5, 5.41) is 2.88. The highest BCUT2D eigenvalue weighted by atomic mass is 16.5. The molecule has 3 rings (SSSR count). The summed E-state index contributed by atoms with van der Waals surface area (Å²) in [6, 6.07) is 8.64. The number of benzene rings is 1. The molecule has 0 saturated carbocycles. The van der Waals surface area contributed by atoms with Crippen LogP contribution in [0.2, 0.25) is 0 Å². The van der Waals surface area contributed by atoms with Crippen molar-refractivity contribution in [3.63, 3.8) is 0 Å². The molecule has 0 unspecified atom stereocenters. The Morgan fingerprint density at radius 3 is 2.50 bits per heavy atom. The molecule has 2 aromatic rings. The molecule has 0 atom stereocenters. The van der Waals surface area contributed by atoms with Gasteiger partial charge >= 0.3 is 6.03 Å². The minimum absolute atomic E-state index is 0.112. The van der Waals surface area contributed by atoms with Gasteiger partial charge < -0.3 is 29.0 Å². The maximum absolute atomic E-state index is 12.3. The van der Waals surface area contributed by atoms with Crippen LogP contribution in [0.5, 0.6) is 17.2 Å². The number of urea groups is 1. The number of aromatic nitrogens is 1. The molecule has 1 aromatic carbocycles. The summed E-state index contributed by atoms with van der Waals surface area (Å²) < 4.78 is 17.8. The van der Waals surface area contributed by atoms with Crippen molar-refractivity contribution in [3.8, 4) is 17.2 Å². The number of aryl methyl sites for hydroxylation is 1. The van der Waals surface area contributed by atoms with Crippen molar-refractivity contribution in [3.05, 3.63) is 51.9 Å². The predicted octanol–water partition coefficient (Wildman–Crippen LogP) is 1.68. The van der Waals surface area contributed by atoms with E-state index in [0.29, 0.717) is 36.9 Å². The first kappa shape index (κ1) is 19.6. The van der Waals surface area contributed by atoms with Crippen LogP contribution in [0, 0.1) is 6.92 Å². The van der Waals surface area contributed by atoms with Gasteiger partial charge in [0, 0.05) is 25.4 Å². The summed E-state index contributed by atoms with van der Waals surface area (Å²) in [6.07, 6.45) is -0.113. The smallest absolute Gasteiger partial charge is 0.317 e. The predicted molar refractivity (Wildman–Crippen MR) is 104 cm³/mol.